The highest BCUT2D eigenvalue weighted by molar-refractivity contribution is 5.34. The average molecular weight is 161 g/mol. The van der Waals surface area contributed by atoms with Crippen LogP contribution in [0.15, 0.2) is 11.6 Å². The van der Waals surface area contributed by atoms with Crippen molar-refractivity contribution in [2.24, 2.45) is 5.41 Å². The Labute approximate surface area is 74.2 Å². The van der Waals surface area contributed by atoms with Gasteiger partial charge in [0.2, 0.25) is 0 Å². The summed E-state index contributed by atoms with van der Waals surface area (Å²) in [6, 6.07) is 0. The molecule has 0 aromatic rings. The van der Waals surface area contributed by atoms with E-state index >= 15 is 0 Å². The molecule has 1 saturated heterocycles. The van der Waals surface area contributed by atoms with Crippen molar-refractivity contribution in [1.29, 1.82) is 0 Å². The zero-order valence-electron chi connectivity index (χ0n) is 7.61. The van der Waals surface area contributed by atoms with E-state index in [0.717, 1.165) is 0 Å². The van der Waals surface area contributed by atoms with Crippen molar-refractivity contribution in [3.63, 3.8) is 0 Å². The van der Waals surface area contributed by atoms with Gasteiger partial charge >= 0.3 is 0 Å². The van der Waals surface area contributed by atoms with E-state index in [2.05, 4.69) is 23.2 Å². The van der Waals surface area contributed by atoms with Crippen molar-refractivity contribution in [2.75, 3.05) is 13.1 Å². The fourth-order valence-corrected chi connectivity index (χ4v) is 2.26. The topological polar surface area (TPSA) is 12.0 Å². The van der Waals surface area contributed by atoms with Crippen LogP contribution in [0.5, 0.6) is 0 Å². The summed E-state index contributed by atoms with van der Waals surface area (Å²) in [5, 5.41) is 3.42. The molecular formula is C11H15N. The van der Waals surface area contributed by atoms with Gasteiger partial charge in [0.25, 0.3) is 0 Å². The van der Waals surface area contributed by atoms with Crippen LogP contribution in [0.3, 0.4) is 0 Å². The lowest BCUT2D eigenvalue weighted by Crippen LogP contribution is -2.18. The van der Waals surface area contributed by atoms with Crippen LogP contribution in [-0.4, -0.2) is 13.1 Å². The van der Waals surface area contributed by atoms with Crippen LogP contribution in [0, 0.1) is 17.3 Å². The number of hydrogen-bond donors (Lipinski definition) is 1. The molecule has 0 aromatic carbocycles. The van der Waals surface area contributed by atoms with E-state index in [-0.39, 0.29) is 0 Å². The molecule has 1 fully saturated rings. The number of nitrogens with one attached hydrogen (secondary N) is 1. The molecule has 1 aliphatic heterocycles. The van der Waals surface area contributed by atoms with Gasteiger partial charge in [0.05, 0.1) is 0 Å². The van der Waals surface area contributed by atoms with Crippen LogP contribution in [0.1, 0.15) is 26.2 Å². The Bertz CT molecular complexity index is 258. The summed E-state index contributed by atoms with van der Waals surface area (Å²) in [4.78, 5) is 0. The van der Waals surface area contributed by atoms with Gasteiger partial charge in [-0.15, -0.1) is 5.92 Å². The van der Waals surface area contributed by atoms with Crippen LogP contribution >= 0.6 is 0 Å². The number of hydrogen-bond acceptors (Lipinski definition) is 1. The standard InChI is InChI=1S/C11H15N/c1-2-3-10-4-5-11(8-10)6-7-12-9-11/h8,12H,4-7,9H2,1H3. The molecule has 0 amide bonds. The Morgan fingerprint density at radius 2 is 2.42 bits per heavy atom. The zero-order chi connectivity index (χ0) is 8.44. The molecule has 0 saturated carbocycles. The Balaban J connectivity index is 2.15. The molecular weight excluding hydrogens is 146 g/mol. The van der Waals surface area contributed by atoms with Crippen LogP contribution in [0.25, 0.3) is 0 Å². The van der Waals surface area contributed by atoms with E-state index in [0.29, 0.717) is 5.41 Å². The largest absolute Gasteiger partial charge is 0.316 e. The van der Waals surface area contributed by atoms with Gasteiger partial charge in [-0.2, -0.15) is 0 Å². The highest BCUT2D eigenvalue weighted by Crippen LogP contribution is 2.40. The second-order valence-electron chi connectivity index (χ2n) is 3.83. The third-order valence-corrected chi connectivity index (χ3v) is 2.93. The van der Waals surface area contributed by atoms with Crippen molar-refractivity contribution in [1.82, 2.24) is 5.32 Å². The summed E-state index contributed by atoms with van der Waals surface area (Å²) >= 11 is 0. The summed E-state index contributed by atoms with van der Waals surface area (Å²) in [7, 11) is 0. The van der Waals surface area contributed by atoms with E-state index in [1.54, 1.807) is 0 Å². The molecule has 64 valence electrons. The molecule has 1 spiro atoms. The maximum Gasteiger partial charge on any atom is 0.00436 e. The van der Waals surface area contributed by atoms with Crippen LogP contribution in [0.2, 0.25) is 0 Å². The van der Waals surface area contributed by atoms with Crippen LogP contribution in [0.4, 0.5) is 0 Å². The van der Waals surface area contributed by atoms with Gasteiger partial charge < -0.3 is 5.32 Å². The second kappa shape index (κ2) is 2.95. The first-order chi connectivity index (χ1) is 5.85. The SMILES string of the molecule is CC#CC1=CC2(CCNC2)CC1. The third-order valence-electron chi connectivity index (χ3n) is 2.93. The van der Waals surface area contributed by atoms with Crippen LogP contribution in [-0.2, 0) is 0 Å². The van der Waals surface area contributed by atoms with Gasteiger partial charge in [-0.1, -0.05) is 12.0 Å². The molecule has 1 unspecified atom stereocenters. The predicted octanol–water partition coefficient (Wildman–Crippen LogP) is 1.71. The van der Waals surface area contributed by atoms with E-state index in [4.69, 9.17) is 0 Å². The fourth-order valence-electron chi connectivity index (χ4n) is 2.26. The fraction of sp³-hybridized carbons (Fsp3) is 0.636. The van der Waals surface area contributed by atoms with E-state index in [9.17, 15) is 0 Å². The summed E-state index contributed by atoms with van der Waals surface area (Å²) in [5.41, 5.74) is 1.85. The highest BCUT2D eigenvalue weighted by atomic mass is 14.9. The minimum Gasteiger partial charge on any atom is -0.316 e. The normalized spacial score (nSPS) is 33.2. The summed E-state index contributed by atoms with van der Waals surface area (Å²) < 4.78 is 0. The lowest BCUT2D eigenvalue weighted by molar-refractivity contribution is 0.418. The van der Waals surface area contributed by atoms with Crippen molar-refractivity contribution < 1.29 is 0 Å². The highest BCUT2D eigenvalue weighted by Gasteiger charge is 2.35. The Morgan fingerprint density at radius 1 is 1.50 bits per heavy atom. The molecule has 2 rings (SSSR count). The average Bonchev–Trinajstić information content (AvgIpc) is 2.65. The molecule has 12 heavy (non-hydrogen) atoms. The van der Waals surface area contributed by atoms with Crippen molar-refractivity contribution in [3.8, 4) is 11.8 Å². The lowest BCUT2D eigenvalue weighted by Gasteiger charge is -2.17. The number of allylic oxidation sites excluding steroid dienone is 1. The van der Waals surface area contributed by atoms with Gasteiger partial charge in [0.15, 0.2) is 0 Å². The first kappa shape index (κ1) is 7.89. The van der Waals surface area contributed by atoms with Gasteiger partial charge in [0.1, 0.15) is 0 Å². The number of rotatable bonds is 0. The molecule has 1 heteroatoms. The van der Waals surface area contributed by atoms with Crippen LogP contribution < -0.4 is 5.32 Å². The smallest absolute Gasteiger partial charge is 0.00436 e. The molecule has 1 N–H and O–H groups in total. The van der Waals surface area contributed by atoms with Crippen molar-refractivity contribution in [2.45, 2.75) is 26.2 Å². The first-order valence-electron chi connectivity index (χ1n) is 4.70. The van der Waals surface area contributed by atoms with Crippen molar-refractivity contribution >= 4 is 0 Å². The Morgan fingerprint density at radius 3 is 3.08 bits per heavy atom. The second-order valence-corrected chi connectivity index (χ2v) is 3.83. The van der Waals surface area contributed by atoms with Gasteiger partial charge in [-0.05, 0) is 38.3 Å². The van der Waals surface area contributed by atoms with Crippen molar-refractivity contribution in [3.05, 3.63) is 11.6 Å². The molecule has 0 radical (unpaired) electrons. The van der Waals surface area contributed by atoms with Gasteiger partial charge in [-0.25, -0.2) is 0 Å². The molecule has 2 aliphatic rings. The molecule has 1 atom stereocenters. The monoisotopic (exact) mass is 161 g/mol. The molecule has 1 nitrogen and oxygen atoms in total. The molecule has 1 aliphatic carbocycles. The quantitative estimate of drug-likeness (QED) is 0.533. The van der Waals surface area contributed by atoms with E-state index in [1.165, 1.54) is 37.9 Å². The Hall–Kier alpha value is -0.740. The van der Waals surface area contributed by atoms with Gasteiger partial charge in [-0.3, -0.25) is 0 Å². The molecule has 1 heterocycles. The minimum absolute atomic E-state index is 0.485. The molecule has 0 bridgehead atoms. The maximum absolute atomic E-state index is 3.42. The summed E-state index contributed by atoms with van der Waals surface area (Å²) in [5.74, 6) is 6.16. The van der Waals surface area contributed by atoms with E-state index < -0.39 is 0 Å². The lowest BCUT2D eigenvalue weighted by atomic mass is 9.87. The van der Waals surface area contributed by atoms with E-state index in [1.807, 2.05) is 6.92 Å². The third kappa shape index (κ3) is 1.28. The Kier molecular flexibility index (Phi) is 1.94. The first-order valence-corrected chi connectivity index (χ1v) is 4.70. The maximum atomic E-state index is 3.42. The van der Waals surface area contributed by atoms with Gasteiger partial charge in [0, 0.05) is 12.0 Å². The zero-order valence-corrected chi connectivity index (χ0v) is 7.61. The molecule has 0 aromatic heterocycles. The summed E-state index contributed by atoms with van der Waals surface area (Å²) in [6.45, 7) is 4.27. The minimum atomic E-state index is 0.485. The summed E-state index contributed by atoms with van der Waals surface area (Å²) in [6.07, 6.45) is 6.22. The predicted molar refractivity (Wildman–Crippen MR) is 50.7 cm³/mol.